The van der Waals surface area contributed by atoms with Crippen LogP contribution in [-0.4, -0.2) is 81.7 Å². The maximum Gasteiger partial charge on any atom is 0.229 e. The number of ether oxygens (including phenoxy) is 4. The van der Waals surface area contributed by atoms with Crippen molar-refractivity contribution in [3.05, 3.63) is 47.0 Å². The summed E-state index contributed by atoms with van der Waals surface area (Å²) in [5, 5.41) is 59.5. The number of aliphatic hydroxyl groups excluding tert-OH is 5. The predicted molar refractivity (Wildman–Crippen MR) is 118 cm³/mol. The number of benzene rings is 2. The molecule has 0 bridgehead atoms. The number of hydrogen-bond donors (Lipinski definition) is 6. The maximum absolute atomic E-state index is 10.4. The summed E-state index contributed by atoms with van der Waals surface area (Å²) in [5.74, 6) is 1.29. The van der Waals surface area contributed by atoms with Crippen LogP contribution in [0.5, 0.6) is 23.0 Å². The zero-order valence-electron chi connectivity index (χ0n) is 18.7. The molecule has 0 aromatic heterocycles. The van der Waals surface area contributed by atoms with Crippen LogP contribution in [0.25, 0.3) is 0 Å². The van der Waals surface area contributed by atoms with Gasteiger partial charge in [-0.05, 0) is 36.6 Å². The molecular formula is C24H30O10. The smallest absolute Gasteiger partial charge is 0.229 e. The van der Waals surface area contributed by atoms with Crippen LogP contribution < -0.4 is 14.2 Å². The number of aromatic hydroxyl groups is 1. The fourth-order valence-corrected chi connectivity index (χ4v) is 4.43. The van der Waals surface area contributed by atoms with Crippen molar-refractivity contribution in [3.63, 3.8) is 0 Å². The number of methoxy groups -OCH3 is 1. The topological polar surface area (TPSA) is 158 Å². The predicted octanol–water partition coefficient (Wildman–Crippen LogP) is 0.181. The van der Waals surface area contributed by atoms with E-state index >= 15 is 0 Å². The quantitative estimate of drug-likeness (QED) is 0.324. The van der Waals surface area contributed by atoms with Gasteiger partial charge in [-0.25, -0.2) is 0 Å². The molecule has 6 N–H and O–H groups in total. The van der Waals surface area contributed by atoms with Gasteiger partial charge in [0.15, 0.2) is 0 Å². The fraction of sp³-hybridized carbons (Fsp3) is 0.500. The van der Waals surface area contributed by atoms with Crippen molar-refractivity contribution in [3.8, 4) is 23.0 Å². The molecule has 10 heteroatoms. The van der Waals surface area contributed by atoms with E-state index in [2.05, 4.69) is 0 Å². The fourth-order valence-electron chi connectivity index (χ4n) is 4.43. The van der Waals surface area contributed by atoms with E-state index in [4.69, 9.17) is 18.9 Å². The molecule has 2 aromatic rings. The molecule has 186 valence electrons. The van der Waals surface area contributed by atoms with Crippen LogP contribution in [0.1, 0.15) is 29.2 Å². The van der Waals surface area contributed by atoms with Gasteiger partial charge in [0.1, 0.15) is 53.5 Å². The molecule has 0 aliphatic carbocycles. The SMILES string of the molecule is COc1ccc2c(c1CCO)OC(c1ccc(O)cc1OC1OC(CO)C(O)C(O)C1O)CC2. The Bertz CT molecular complexity index is 994. The van der Waals surface area contributed by atoms with Gasteiger partial charge in [0.05, 0.1) is 13.7 Å². The summed E-state index contributed by atoms with van der Waals surface area (Å²) in [5.41, 5.74) is 2.30. The average molecular weight is 478 g/mol. The minimum absolute atomic E-state index is 0.0779. The molecule has 6 atom stereocenters. The summed E-state index contributed by atoms with van der Waals surface area (Å²) >= 11 is 0. The normalized spacial score (nSPS) is 28.6. The number of phenolic OH excluding ortho intramolecular Hbond substituents is 1. The van der Waals surface area contributed by atoms with E-state index in [1.807, 2.05) is 12.1 Å². The summed E-state index contributed by atoms with van der Waals surface area (Å²) in [7, 11) is 1.55. The molecule has 34 heavy (non-hydrogen) atoms. The molecular weight excluding hydrogens is 448 g/mol. The molecule has 0 saturated carbocycles. The first-order valence-corrected chi connectivity index (χ1v) is 11.1. The lowest BCUT2D eigenvalue weighted by atomic mass is 9.93. The van der Waals surface area contributed by atoms with Crippen LogP contribution in [-0.2, 0) is 17.6 Å². The number of phenols is 1. The van der Waals surface area contributed by atoms with Gasteiger partial charge in [0, 0.05) is 30.2 Å². The molecule has 0 amide bonds. The Balaban J connectivity index is 1.64. The summed E-state index contributed by atoms with van der Waals surface area (Å²) < 4.78 is 23.1. The number of aliphatic hydroxyl groups is 5. The minimum Gasteiger partial charge on any atom is -0.508 e. The lowest BCUT2D eigenvalue weighted by Crippen LogP contribution is -2.60. The number of aryl methyl sites for hydroxylation is 1. The van der Waals surface area contributed by atoms with Crippen molar-refractivity contribution >= 4 is 0 Å². The van der Waals surface area contributed by atoms with Crippen LogP contribution in [0.3, 0.4) is 0 Å². The highest BCUT2D eigenvalue weighted by Crippen LogP contribution is 2.44. The van der Waals surface area contributed by atoms with E-state index in [1.165, 1.54) is 12.1 Å². The molecule has 4 rings (SSSR count). The van der Waals surface area contributed by atoms with Crippen molar-refractivity contribution in [2.45, 2.75) is 56.1 Å². The second kappa shape index (κ2) is 10.3. The van der Waals surface area contributed by atoms with Crippen molar-refractivity contribution in [2.75, 3.05) is 20.3 Å². The minimum atomic E-state index is -1.60. The summed E-state index contributed by atoms with van der Waals surface area (Å²) in [6.07, 6.45) is -6.10. The largest absolute Gasteiger partial charge is 0.508 e. The Kier molecular flexibility index (Phi) is 7.46. The second-order valence-corrected chi connectivity index (χ2v) is 8.39. The van der Waals surface area contributed by atoms with E-state index in [0.29, 0.717) is 36.3 Å². The molecule has 1 fully saturated rings. The zero-order chi connectivity index (χ0) is 24.4. The van der Waals surface area contributed by atoms with Crippen molar-refractivity contribution in [1.82, 2.24) is 0 Å². The Morgan fingerprint density at radius 1 is 1.00 bits per heavy atom. The monoisotopic (exact) mass is 478 g/mol. The van der Waals surface area contributed by atoms with E-state index < -0.39 is 43.4 Å². The van der Waals surface area contributed by atoms with Gasteiger partial charge in [-0.1, -0.05) is 6.07 Å². The van der Waals surface area contributed by atoms with Gasteiger partial charge < -0.3 is 49.6 Å². The first-order chi connectivity index (χ1) is 16.4. The van der Waals surface area contributed by atoms with Crippen LogP contribution in [0, 0.1) is 0 Å². The maximum atomic E-state index is 10.4. The van der Waals surface area contributed by atoms with Gasteiger partial charge in [-0.3, -0.25) is 0 Å². The van der Waals surface area contributed by atoms with Crippen molar-refractivity contribution in [1.29, 1.82) is 0 Å². The molecule has 1 saturated heterocycles. The third-order valence-electron chi connectivity index (χ3n) is 6.25. The van der Waals surface area contributed by atoms with E-state index in [-0.39, 0.29) is 18.1 Å². The summed E-state index contributed by atoms with van der Waals surface area (Å²) in [6, 6.07) is 8.23. The van der Waals surface area contributed by atoms with Crippen LogP contribution >= 0.6 is 0 Å². The molecule has 2 aliphatic rings. The molecule has 0 spiro atoms. The Morgan fingerprint density at radius 3 is 2.50 bits per heavy atom. The van der Waals surface area contributed by atoms with Crippen LogP contribution in [0.2, 0.25) is 0 Å². The average Bonchev–Trinajstić information content (AvgIpc) is 2.84. The highest BCUT2D eigenvalue weighted by Gasteiger charge is 2.45. The van der Waals surface area contributed by atoms with Crippen LogP contribution in [0.15, 0.2) is 30.3 Å². The molecule has 2 heterocycles. The molecule has 2 aromatic carbocycles. The standard InChI is InChI=1S/C24H30O10/c1-31-16-6-2-12-3-7-17(32-23(12)15(16)8-9-25)14-5-4-13(27)10-18(14)33-24-22(30)21(29)20(28)19(11-26)34-24/h2,4-6,10,17,19-22,24-30H,3,7-9,11H2,1H3. The number of rotatable bonds is 7. The van der Waals surface area contributed by atoms with E-state index in [1.54, 1.807) is 13.2 Å². The first-order valence-electron chi connectivity index (χ1n) is 11.1. The van der Waals surface area contributed by atoms with Crippen molar-refractivity contribution in [2.24, 2.45) is 0 Å². The van der Waals surface area contributed by atoms with Gasteiger partial charge in [-0.15, -0.1) is 0 Å². The third-order valence-corrected chi connectivity index (χ3v) is 6.25. The van der Waals surface area contributed by atoms with Gasteiger partial charge in [0.25, 0.3) is 0 Å². The second-order valence-electron chi connectivity index (χ2n) is 8.39. The summed E-state index contributed by atoms with van der Waals surface area (Å²) in [6.45, 7) is -0.665. The Hall–Kier alpha value is -2.60. The van der Waals surface area contributed by atoms with Gasteiger partial charge in [-0.2, -0.15) is 0 Å². The van der Waals surface area contributed by atoms with Crippen molar-refractivity contribution < 1.29 is 49.6 Å². The Labute approximate surface area is 196 Å². The van der Waals surface area contributed by atoms with Crippen LogP contribution in [0.4, 0.5) is 0 Å². The lowest BCUT2D eigenvalue weighted by molar-refractivity contribution is -0.277. The molecule has 10 nitrogen and oxygen atoms in total. The number of fused-ring (bicyclic) bond motifs is 1. The highest BCUT2D eigenvalue weighted by molar-refractivity contribution is 5.52. The van der Waals surface area contributed by atoms with E-state index in [0.717, 1.165) is 11.1 Å². The zero-order valence-corrected chi connectivity index (χ0v) is 18.7. The highest BCUT2D eigenvalue weighted by atomic mass is 16.7. The molecule has 0 radical (unpaired) electrons. The molecule has 6 unspecified atom stereocenters. The lowest BCUT2D eigenvalue weighted by Gasteiger charge is -2.40. The third kappa shape index (κ3) is 4.65. The Morgan fingerprint density at radius 2 is 1.79 bits per heavy atom. The van der Waals surface area contributed by atoms with Gasteiger partial charge >= 0.3 is 0 Å². The summed E-state index contributed by atoms with van der Waals surface area (Å²) in [4.78, 5) is 0. The first kappa shape index (κ1) is 24.5. The van der Waals surface area contributed by atoms with Gasteiger partial charge in [0.2, 0.25) is 6.29 Å². The molecule has 2 aliphatic heterocycles. The number of hydrogen-bond acceptors (Lipinski definition) is 10. The van der Waals surface area contributed by atoms with E-state index in [9.17, 15) is 30.6 Å².